The molecule has 3 rings (SSSR count). The topological polar surface area (TPSA) is 66.5 Å². The number of fused-ring (bicyclic) bond motifs is 1. The van der Waals surface area contributed by atoms with Crippen LogP contribution in [0.25, 0.3) is 0 Å². The standard InChI is InChI=1S/C21H19F3N2O3/c1-13(26-19(28)16-9-2-3-10-17(16)20(26)29)18(27)25-11-5-7-14-6-4-8-15(12-14)21(22,23)24/h2-4,6,8,12-13,16-17H,9-11H2,1H3,(H,25,27)/t13-,16-,17+/m1/s1. The Hall–Kier alpha value is -3.08. The van der Waals surface area contributed by atoms with E-state index < -0.39 is 35.5 Å². The molecule has 1 aliphatic carbocycles. The molecule has 0 bridgehead atoms. The van der Waals surface area contributed by atoms with Crippen LogP contribution in [0.5, 0.6) is 0 Å². The summed E-state index contributed by atoms with van der Waals surface area (Å²) in [5, 5.41) is 2.50. The van der Waals surface area contributed by atoms with Crippen LogP contribution in [-0.4, -0.2) is 35.2 Å². The van der Waals surface area contributed by atoms with Gasteiger partial charge in [-0.3, -0.25) is 19.3 Å². The Labute approximate surface area is 165 Å². The number of hydrogen-bond donors (Lipinski definition) is 1. The number of nitrogens with zero attached hydrogens (tertiary/aromatic N) is 1. The van der Waals surface area contributed by atoms with Crippen LogP contribution in [0.15, 0.2) is 36.4 Å². The van der Waals surface area contributed by atoms with Crippen LogP contribution < -0.4 is 5.32 Å². The molecule has 1 saturated heterocycles. The molecule has 1 fully saturated rings. The zero-order chi connectivity index (χ0) is 21.2. The summed E-state index contributed by atoms with van der Waals surface area (Å²) >= 11 is 0. The highest BCUT2D eigenvalue weighted by Crippen LogP contribution is 2.36. The van der Waals surface area contributed by atoms with Gasteiger partial charge in [0.1, 0.15) is 6.04 Å². The lowest BCUT2D eigenvalue weighted by molar-refractivity contribution is -0.147. The van der Waals surface area contributed by atoms with Gasteiger partial charge >= 0.3 is 6.18 Å². The van der Waals surface area contributed by atoms with Crippen molar-refractivity contribution in [1.29, 1.82) is 0 Å². The van der Waals surface area contributed by atoms with Gasteiger partial charge in [-0.15, -0.1) is 0 Å². The van der Waals surface area contributed by atoms with Crippen molar-refractivity contribution < 1.29 is 27.6 Å². The third kappa shape index (κ3) is 4.34. The van der Waals surface area contributed by atoms with E-state index in [1.807, 2.05) is 12.2 Å². The molecular weight excluding hydrogens is 385 g/mol. The second-order valence-electron chi connectivity index (χ2n) is 6.98. The molecule has 3 atom stereocenters. The number of hydrogen-bond acceptors (Lipinski definition) is 3. The quantitative estimate of drug-likeness (QED) is 0.478. The Balaban J connectivity index is 1.59. The molecule has 1 aromatic carbocycles. The minimum absolute atomic E-state index is 0.121. The fourth-order valence-electron chi connectivity index (χ4n) is 3.52. The monoisotopic (exact) mass is 404 g/mol. The Morgan fingerprint density at radius 1 is 1.21 bits per heavy atom. The number of imide groups is 1. The third-order valence-electron chi connectivity index (χ3n) is 5.08. The van der Waals surface area contributed by atoms with Crippen molar-refractivity contribution in [2.24, 2.45) is 11.8 Å². The van der Waals surface area contributed by atoms with Crippen molar-refractivity contribution in [1.82, 2.24) is 10.2 Å². The molecule has 29 heavy (non-hydrogen) atoms. The van der Waals surface area contributed by atoms with Gasteiger partial charge in [0.15, 0.2) is 0 Å². The average Bonchev–Trinajstić information content (AvgIpc) is 2.95. The second kappa shape index (κ2) is 8.11. The van der Waals surface area contributed by atoms with Gasteiger partial charge in [0.2, 0.25) is 17.7 Å². The summed E-state index contributed by atoms with van der Waals surface area (Å²) in [6, 6.07) is 3.59. The van der Waals surface area contributed by atoms with E-state index in [1.54, 1.807) is 0 Å². The summed E-state index contributed by atoms with van der Waals surface area (Å²) < 4.78 is 38.1. The molecule has 0 saturated carbocycles. The van der Waals surface area contributed by atoms with Crippen LogP contribution in [-0.2, 0) is 20.6 Å². The van der Waals surface area contributed by atoms with E-state index in [-0.39, 0.29) is 23.9 Å². The first kappa shape index (κ1) is 20.6. The van der Waals surface area contributed by atoms with Crippen LogP contribution in [0.3, 0.4) is 0 Å². The maximum atomic E-state index is 12.7. The fourth-order valence-corrected chi connectivity index (χ4v) is 3.52. The van der Waals surface area contributed by atoms with E-state index in [1.165, 1.54) is 19.1 Å². The number of benzene rings is 1. The molecule has 0 radical (unpaired) electrons. The number of amides is 3. The minimum atomic E-state index is -4.46. The second-order valence-corrected chi connectivity index (χ2v) is 6.98. The summed E-state index contributed by atoms with van der Waals surface area (Å²) in [6.07, 6.45) is 0.252. The molecule has 0 spiro atoms. The van der Waals surface area contributed by atoms with E-state index in [0.29, 0.717) is 12.8 Å². The molecule has 0 aromatic heterocycles. The summed E-state index contributed by atoms with van der Waals surface area (Å²) in [6.45, 7) is 1.35. The van der Waals surface area contributed by atoms with Gasteiger partial charge in [-0.1, -0.05) is 30.1 Å². The molecule has 5 nitrogen and oxygen atoms in total. The van der Waals surface area contributed by atoms with E-state index in [2.05, 4.69) is 17.2 Å². The minimum Gasteiger partial charge on any atom is -0.343 e. The Kier molecular flexibility index (Phi) is 5.78. The summed E-state index contributed by atoms with van der Waals surface area (Å²) in [7, 11) is 0. The zero-order valence-electron chi connectivity index (χ0n) is 15.6. The van der Waals surface area contributed by atoms with Crippen LogP contribution in [0.4, 0.5) is 13.2 Å². The molecule has 1 aromatic rings. The molecule has 1 heterocycles. The van der Waals surface area contributed by atoms with Crippen molar-refractivity contribution >= 4 is 17.7 Å². The zero-order valence-corrected chi connectivity index (χ0v) is 15.6. The third-order valence-corrected chi connectivity index (χ3v) is 5.08. The Morgan fingerprint density at radius 3 is 2.41 bits per heavy atom. The van der Waals surface area contributed by atoms with Crippen LogP contribution in [0.1, 0.15) is 30.9 Å². The van der Waals surface area contributed by atoms with E-state index in [4.69, 9.17) is 0 Å². The van der Waals surface area contributed by atoms with Gasteiger partial charge in [-0.25, -0.2) is 0 Å². The first-order valence-electron chi connectivity index (χ1n) is 9.16. The van der Waals surface area contributed by atoms with Gasteiger partial charge in [0, 0.05) is 5.56 Å². The highest BCUT2D eigenvalue weighted by Gasteiger charge is 2.50. The molecule has 0 unspecified atom stereocenters. The first-order valence-corrected chi connectivity index (χ1v) is 9.16. The Bertz CT molecular complexity index is 901. The maximum absolute atomic E-state index is 12.7. The number of rotatable bonds is 3. The van der Waals surface area contributed by atoms with Crippen molar-refractivity contribution in [3.8, 4) is 11.8 Å². The molecule has 2 aliphatic rings. The van der Waals surface area contributed by atoms with Crippen molar-refractivity contribution in [3.63, 3.8) is 0 Å². The molecule has 152 valence electrons. The number of nitrogens with one attached hydrogen (secondary N) is 1. The smallest absolute Gasteiger partial charge is 0.343 e. The van der Waals surface area contributed by atoms with Gasteiger partial charge in [-0.05, 0) is 38.0 Å². The average molecular weight is 404 g/mol. The maximum Gasteiger partial charge on any atom is 0.416 e. The number of carbonyl (C=O) groups is 3. The van der Waals surface area contributed by atoms with E-state index >= 15 is 0 Å². The number of halogens is 3. The van der Waals surface area contributed by atoms with E-state index in [9.17, 15) is 27.6 Å². The summed E-state index contributed by atoms with van der Waals surface area (Å²) in [5.41, 5.74) is -0.632. The number of alkyl halides is 3. The van der Waals surface area contributed by atoms with Crippen molar-refractivity contribution in [2.45, 2.75) is 32.0 Å². The largest absolute Gasteiger partial charge is 0.416 e. The molecule has 1 N–H and O–H groups in total. The van der Waals surface area contributed by atoms with Crippen LogP contribution in [0.2, 0.25) is 0 Å². The SMILES string of the molecule is C[C@H](C(=O)NCC#Cc1cccc(C(F)(F)F)c1)N1C(=O)[C@H]2CC=CC[C@H]2C1=O. The summed E-state index contributed by atoms with van der Waals surface area (Å²) in [5.74, 6) is 3.08. The number of allylic oxidation sites excluding steroid dienone is 2. The lowest BCUT2D eigenvalue weighted by atomic mass is 9.85. The Morgan fingerprint density at radius 2 is 1.83 bits per heavy atom. The molecule has 8 heteroatoms. The van der Waals surface area contributed by atoms with Gasteiger partial charge in [0.05, 0.1) is 23.9 Å². The van der Waals surface area contributed by atoms with Crippen molar-refractivity contribution in [2.75, 3.05) is 6.54 Å². The molecular formula is C21H19F3N2O3. The van der Waals surface area contributed by atoms with E-state index in [0.717, 1.165) is 17.0 Å². The van der Waals surface area contributed by atoms with Crippen LogP contribution in [0, 0.1) is 23.7 Å². The van der Waals surface area contributed by atoms with Gasteiger partial charge in [-0.2, -0.15) is 13.2 Å². The molecule has 1 aliphatic heterocycles. The lowest BCUT2D eigenvalue weighted by Crippen LogP contribution is -2.48. The normalized spacial score (nSPS) is 22.0. The first-order chi connectivity index (χ1) is 13.7. The molecule has 3 amide bonds. The number of carbonyl (C=O) groups excluding carboxylic acids is 3. The summed E-state index contributed by atoms with van der Waals surface area (Å²) in [4.78, 5) is 38.3. The van der Waals surface area contributed by atoms with Gasteiger partial charge in [0.25, 0.3) is 0 Å². The predicted molar refractivity (Wildman–Crippen MR) is 98.0 cm³/mol. The predicted octanol–water partition coefficient (Wildman–Crippen LogP) is 2.51. The highest BCUT2D eigenvalue weighted by molar-refractivity contribution is 6.08. The lowest BCUT2D eigenvalue weighted by Gasteiger charge is -2.21. The van der Waals surface area contributed by atoms with Crippen LogP contribution >= 0.6 is 0 Å². The highest BCUT2D eigenvalue weighted by atomic mass is 19.4. The fraction of sp³-hybridized carbons (Fsp3) is 0.381. The van der Waals surface area contributed by atoms with Crippen molar-refractivity contribution in [3.05, 3.63) is 47.5 Å². The van der Waals surface area contributed by atoms with Gasteiger partial charge < -0.3 is 5.32 Å². The number of likely N-dealkylation sites (tertiary alicyclic amines) is 1.